The van der Waals surface area contributed by atoms with E-state index in [0.717, 1.165) is 19.6 Å². The molecule has 140 valence electrons. The van der Waals surface area contributed by atoms with E-state index in [1.54, 1.807) is 24.3 Å². The van der Waals surface area contributed by atoms with Crippen LogP contribution in [0.2, 0.25) is 0 Å². The number of amides is 1. The Morgan fingerprint density at radius 2 is 1.80 bits per heavy atom. The number of ether oxygens (including phenoxy) is 2. The Bertz CT molecular complexity index is 519. The highest BCUT2D eigenvalue weighted by Gasteiger charge is 2.08. The lowest BCUT2D eigenvalue weighted by Gasteiger charge is -2.18. The van der Waals surface area contributed by atoms with Crippen LogP contribution in [0.15, 0.2) is 24.3 Å². The van der Waals surface area contributed by atoms with E-state index in [4.69, 9.17) is 21.7 Å². The molecule has 2 N–H and O–H groups in total. The zero-order valence-electron chi connectivity index (χ0n) is 15.3. The smallest absolute Gasteiger partial charge is 0.257 e. The van der Waals surface area contributed by atoms with Gasteiger partial charge in [0.05, 0.1) is 6.61 Å². The third-order valence-electron chi connectivity index (χ3n) is 3.65. The molecule has 0 fully saturated rings. The maximum Gasteiger partial charge on any atom is 0.257 e. The molecule has 0 aliphatic heterocycles. The average Bonchev–Trinajstić information content (AvgIpc) is 2.63. The van der Waals surface area contributed by atoms with Gasteiger partial charge in [-0.3, -0.25) is 10.1 Å². The highest BCUT2D eigenvalue weighted by molar-refractivity contribution is 7.80. The lowest BCUT2D eigenvalue weighted by molar-refractivity contribution is 0.0976. The quantitative estimate of drug-likeness (QED) is 0.461. The lowest BCUT2D eigenvalue weighted by Crippen LogP contribution is -2.42. The maximum atomic E-state index is 12.2. The first-order valence-electron chi connectivity index (χ1n) is 8.72. The van der Waals surface area contributed by atoms with Crippen molar-refractivity contribution in [2.24, 2.45) is 0 Å². The molecule has 0 aromatic heterocycles. The minimum Gasteiger partial charge on any atom is -0.491 e. The topological polar surface area (TPSA) is 62.8 Å². The largest absolute Gasteiger partial charge is 0.491 e. The lowest BCUT2D eigenvalue weighted by atomic mass is 10.2. The van der Waals surface area contributed by atoms with Gasteiger partial charge in [-0.05, 0) is 56.5 Å². The molecule has 6 nitrogen and oxygen atoms in total. The van der Waals surface area contributed by atoms with Crippen LogP contribution in [0.4, 0.5) is 0 Å². The fourth-order valence-electron chi connectivity index (χ4n) is 2.15. The second-order valence-electron chi connectivity index (χ2n) is 5.31. The summed E-state index contributed by atoms with van der Waals surface area (Å²) >= 11 is 5.16. The number of carbonyl (C=O) groups is 1. The van der Waals surface area contributed by atoms with Crippen LogP contribution in [-0.2, 0) is 4.74 Å². The minimum absolute atomic E-state index is 0.235. The molecule has 0 spiro atoms. The van der Waals surface area contributed by atoms with E-state index in [2.05, 4.69) is 29.4 Å². The summed E-state index contributed by atoms with van der Waals surface area (Å²) in [6.07, 6.45) is 0. The summed E-state index contributed by atoms with van der Waals surface area (Å²) in [6.45, 7) is 11.5. The van der Waals surface area contributed by atoms with Crippen LogP contribution < -0.4 is 15.4 Å². The number of nitrogens with zero attached hydrogens (tertiary/aromatic N) is 1. The van der Waals surface area contributed by atoms with E-state index in [1.807, 2.05) is 6.92 Å². The standard InChI is InChI=1S/C18H29N3O3S/c1-4-21(5-2)12-11-19-18(25)20-17(22)15-7-9-16(10-8-15)24-14-13-23-6-3/h7-10H,4-6,11-14H2,1-3H3,(H2,19,20,22,25). The summed E-state index contributed by atoms with van der Waals surface area (Å²) in [7, 11) is 0. The van der Waals surface area contributed by atoms with Gasteiger partial charge in [0.2, 0.25) is 0 Å². The van der Waals surface area contributed by atoms with Crippen molar-refractivity contribution >= 4 is 23.2 Å². The second kappa shape index (κ2) is 12.6. The normalized spacial score (nSPS) is 10.6. The summed E-state index contributed by atoms with van der Waals surface area (Å²) < 4.78 is 10.7. The molecule has 0 aliphatic carbocycles. The van der Waals surface area contributed by atoms with E-state index in [0.29, 0.717) is 42.8 Å². The molecule has 1 amide bonds. The number of thiocarbonyl (C=S) groups is 1. The molecule has 0 aliphatic rings. The van der Waals surface area contributed by atoms with Gasteiger partial charge >= 0.3 is 0 Å². The van der Waals surface area contributed by atoms with Gasteiger partial charge in [0.1, 0.15) is 12.4 Å². The van der Waals surface area contributed by atoms with Gasteiger partial charge in [-0.25, -0.2) is 0 Å². The molecule has 0 radical (unpaired) electrons. The van der Waals surface area contributed by atoms with Crippen molar-refractivity contribution in [1.82, 2.24) is 15.5 Å². The van der Waals surface area contributed by atoms with Crippen LogP contribution in [0.3, 0.4) is 0 Å². The van der Waals surface area contributed by atoms with Crippen molar-refractivity contribution in [1.29, 1.82) is 0 Å². The van der Waals surface area contributed by atoms with E-state index in [9.17, 15) is 4.79 Å². The van der Waals surface area contributed by atoms with Crippen molar-refractivity contribution < 1.29 is 14.3 Å². The van der Waals surface area contributed by atoms with Gasteiger partial charge < -0.3 is 19.7 Å². The fraction of sp³-hybridized carbons (Fsp3) is 0.556. The third kappa shape index (κ3) is 8.81. The fourth-order valence-corrected chi connectivity index (χ4v) is 2.35. The van der Waals surface area contributed by atoms with E-state index in [1.165, 1.54) is 0 Å². The summed E-state index contributed by atoms with van der Waals surface area (Å²) in [5.74, 6) is 0.470. The highest BCUT2D eigenvalue weighted by atomic mass is 32.1. The van der Waals surface area contributed by atoms with Crippen molar-refractivity contribution in [3.63, 3.8) is 0 Å². The zero-order chi connectivity index (χ0) is 18.5. The van der Waals surface area contributed by atoms with Crippen LogP contribution in [0.5, 0.6) is 5.75 Å². The van der Waals surface area contributed by atoms with Crippen LogP contribution in [-0.4, -0.2) is 61.9 Å². The first kappa shape index (κ1) is 21.3. The van der Waals surface area contributed by atoms with Gasteiger partial charge in [-0.2, -0.15) is 0 Å². The molecule has 0 unspecified atom stereocenters. The molecule has 0 saturated carbocycles. The third-order valence-corrected chi connectivity index (χ3v) is 3.90. The number of carbonyl (C=O) groups excluding carboxylic acids is 1. The monoisotopic (exact) mass is 367 g/mol. The first-order valence-corrected chi connectivity index (χ1v) is 9.13. The van der Waals surface area contributed by atoms with Crippen LogP contribution >= 0.6 is 12.2 Å². The Kier molecular flexibility index (Phi) is 10.8. The van der Waals surface area contributed by atoms with Gasteiger partial charge in [0, 0.05) is 25.3 Å². The number of benzene rings is 1. The van der Waals surface area contributed by atoms with Crippen molar-refractivity contribution in [2.45, 2.75) is 20.8 Å². The van der Waals surface area contributed by atoms with Crippen molar-refractivity contribution in [3.8, 4) is 5.75 Å². The van der Waals surface area contributed by atoms with Gasteiger partial charge in [0.15, 0.2) is 5.11 Å². The molecule has 0 atom stereocenters. The highest BCUT2D eigenvalue weighted by Crippen LogP contribution is 2.12. The number of likely N-dealkylation sites (N-methyl/N-ethyl adjacent to an activating group) is 1. The molecule has 0 bridgehead atoms. The Hall–Kier alpha value is -1.70. The molecule has 1 rings (SSSR count). The van der Waals surface area contributed by atoms with E-state index >= 15 is 0 Å². The molecule has 25 heavy (non-hydrogen) atoms. The van der Waals surface area contributed by atoms with Crippen molar-refractivity contribution in [2.75, 3.05) is 46.0 Å². The molecular weight excluding hydrogens is 338 g/mol. The molecular formula is C18H29N3O3S. The van der Waals surface area contributed by atoms with Gasteiger partial charge in [0.25, 0.3) is 5.91 Å². The minimum atomic E-state index is -0.235. The molecule has 1 aromatic carbocycles. The number of hydrogen-bond donors (Lipinski definition) is 2. The molecule has 0 saturated heterocycles. The molecule has 0 heterocycles. The predicted molar refractivity (Wildman–Crippen MR) is 104 cm³/mol. The van der Waals surface area contributed by atoms with Crippen LogP contribution in [0.25, 0.3) is 0 Å². The summed E-state index contributed by atoms with van der Waals surface area (Å²) in [6, 6.07) is 6.95. The van der Waals surface area contributed by atoms with Crippen molar-refractivity contribution in [3.05, 3.63) is 29.8 Å². The maximum absolute atomic E-state index is 12.2. The SMILES string of the molecule is CCOCCOc1ccc(C(=O)NC(=S)NCCN(CC)CC)cc1. The summed E-state index contributed by atoms with van der Waals surface area (Å²) in [5.41, 5.74) is 0.532. The van der Waals surface area contributed by atoms with E-state index < -0.39 is 0 Å². The van der Waals surface area contributed by atoms with Crippen LogP contribution in [0, 0.1) is 0 Å². The second-order valence-corrected chi connectivity index (χ2v) is 5.71. The Labute approximate surface area is 155 Å². The van der Waals surface area contributed by atoms with Gasteiger partial charge in [-0.15, -0.1) is 0 Å². The molecule has 1 aromatic rings. The first-order chi connectivity index (χ1) is 12.1. The Morgan fingerprint density at radius 1 is 1.12 bits per heavy atom. The molecule has 7 heteroatoms. The van der Waals surface area contributed by atoms with Crippen LogP contribution in [0.1, 0.15) is 31.1 Å². The predicted octanol–water partition coefficient (Wildman–Crippen LogP) is 2.05. The summed E-state index contributed by atoms with van der Waals surface area (Å²) in [4.78, 5) is 14.4. The van der Waals surface area contributed by atoms with Gasteiger partial charge in [-0.1, -0.05) is 13.8 Å². The zero-order valence-corrected chi connectivity index (χ0v) is 16.2. The number of rotatable bonds is 11. The number of hydrogen-bond acceptors (Lipinski definition) is 5. The van der Waals surface area contributed by atoms with E-state index in [-0.39, 0.29) is 5.91 Å². The number of nitrogens with one attached hydrogen (secondary N) is 2. The summed E-state index contributed by atoms with van der Waals surface area (Å²) in [5, 5.41) is 6.08. The Balaban J connectivity index is 2.35. The average molecular weight is 368 g/mol. The Morgan fingerprint density at radius 3 is 2.40 bits per heavy atom.